The molecule has 0 aliphatic heterocycles. The second-order valence-corrected chi connectivity index (χ2v) is 15.1. The number of aliphatic hydroxyl groups is 3. The molecule has 4 rings (SSSR count). The fourth-order valence-corrected chi connectivity index (χ4v) is 10.1. The van der Waals surface area contributed by atoms with Crippen LogP contribution >= 0.6 is 0 Å². The van der Waals surface area contributed by atoms with Gasteiger partial charge >= 0.3 is 5.97 Å². The maximum Gasteiger partial charge on any atom is 0.302 e. The van der Waals surface area contributed by atoms with Crippen molar-refractivity contribution < 1.29 is 29.6 Å². The number of fused-ring (bicyclic) bond motifs is 5. The van der Waals surface area contributed by atoms with Gasteiger partial charge in [-0.2, -0.15) is 0 Å². The summed E-state index contributed by atoms with van der Waals surface area (Å²) in [5.41, 5.74) is 0.711. The Morgan fingerprint density at radius 3 is 2.32 bits per heavy atom. The van der Waals surface area contributed by atoms with E-state index >= 15 is 0 Å². The molecule has 0 unspecified atom stereocenters. The molecule has 0 spiro atoms. The lowest BCUT2D eigenvalue weighted by Gasteiger charge is -2.69. The van der Waals surface area contributed by atoms with E-state index in [4.69, 9.17) is 4.74 Å². The van der Waals surface area contributed by atoms with E-state index in [2.05, 4.69) is 41.5 Å². The van der Waals surface area contributed by atoms with E-state index in [0.29, 0.717) is 25.0 Å². The summed E-state index contributed by atoms with van der Waals surface area (Å²) in [6, 6.07) is 0. The summed E-state index contributed by atoms with van der Waals surface area (Å²) in [4.78, 5) is 24.8. The maximum atomic E-state index is 12.9. The molecular formula is C32H52O6. The summed E-state index contributed by atoms with van der Waals surface area (Å²) in [7, 11) is 0. The van der Waals surface area contributed by atoms with E-state index < -0.39 is 29.9 Å². The number of hydrogen-bond acceptors (Lipinski definition) is 6. The van der Waals surface area contributed by atoms with Gasteiger partial charge in [0.25, 0.3) is 0 Å². The largest absolute Gasteiger partial charge is 0.460 e. The summed E-state index contributed by atoms with van der Waals surface area (Å²) >= 11 is 0. The molecule has 0 saturated heterocycles. The van der Waals surface area contributed by atoms with Crippen LogP contribution in [0.15, 0.2) is 11.1 Å². The number of allylic oxidation sites excluding steroid dienone is 1. The van der Waals surface area contributed by atoms with E-state index in [1.165, 1.54) is 31.9 Å². The van der Waals surface area contributed by atoms with Gasteiger partial charge in [0.15, 0.2) is 0 Å². The topological polar surface area (TPSA) is 104 Å². The summed E-state index contributed by atoms with van der Waals surface area (Å²) in [6.45, 7) is 17.9. The number of aliphatic hydroxyl groups excluding tert-OH is 2. The zero-order valence-corrected chi connectivity index (χ0v) is 25.2. The molecule has 0 radical (unpaired) electrons. The molecule has 6 heteroatoms. The van der Waals surface area contributed by atoms with Crippen LogP contribution < -0.4 is 0 Å². The molecule has 0 amide bonds. The number of rotatable bonds is 6. The predicted molar refractivity (Wildman–Crippen MR) is 147 cm³/mol. The molecule has 0 heterocycles. The van der Waals surface area contributed by atoms with Gasteiger partial charge in [0.1, 0.15) is 18.0 Å². The second-order valence-electron chi connectivity index (χ2n) is 15.1. The van der Waals surface area contributed by atoms with Crippen LogP contribution in [0.4, 0.5) is 0 Å². The third-order valence-corrected chi connectivity index (χ3v) is 12.2. The fraction of sp³-hybridized carbons (Fsp3) is 0.875. The number of hydrogen-bond donors (Lipinski definition) is 3. The lowest BCUT2D eigenvalue weighted by Crippen LogP contribution is -2.65. The molecule has 0 aromatic rings. The average molecular weight is 533 g/mol. The quantitative estimate of drug-likeness (QED) is 0.314. The lowest BCUT2D eigenvalue weighted by molar-refractivity contribution is -0.208. The van der Waals surface area contributed by atoms with Gasteiger partial charge in [-0.05, 0) is 92.8 Å². The van der Waals surface area contributed by atoms with Crippen LogP contribution in [0.1, 0.15) is 114 Å². The van der Waals surface area contributed by atoms with E-state index in [9.17, 15) is 24.9 Å². The molecule has 9 atom stereocenters. The Labute approximate surface area is 229 Å². The summed E-state index contributed by atoms with van der Waals surface area (Å²) in [5, 5.41) is 33.1. The minimum atomic E-state index is -1.40. The molecule has 0 aromatic heterocycles. The molecule has 216 valence electrons. The highest BCUT2D eigenvalue weighted by Crippen LogP contribution is 2.74. The van der Waals surface area contributed by atoms with Crippen LogP contribution in [0.2, 0.25) is 0 Å². The van der Waals surface area contributed by atoms with Gasteiger partial charge in [-0.15, -0.1) is 0 Å². The van der Waals surface area contributed by atoms with Gasteiger partial charge in [-0.1, -0.05) is 52.7 Å². The highest BCUT2D eigenvalue weighted by molar-refractivity contribution is 5.85. The number of ketones is 1. The van der Waals surface area contributed by atoms with Crippen LogP contribution in [-0.2, 0) is 14.3 Å². The standard InChI is InChI=1S/C32H52O6/c1-18(16-23(38-19(2)33)27(36)29(5,6)37)20-10-14-31(8)21(20)17-22(34)26-30(7)13-12-25(35)28(3,4)24(30)11-15-32(26,31)9/h18,22-24,26-27,34,36-37H,10-17H2,1-9H3/t18-,22+,23+,24+,26+,27+,30+,31+,32+/m1/s1. The molecule has 4 aliphatic carbocycles. The minimum Gasteiger partial charge on any atom is -0.460 e. The Kier molecular flexibility index (Phi) is 7.36. The number of carbonyl (C=O) groups is 2. The summed E-state index contributed by atoms with van der Waals surface area (Å²) in [6.07, 6.45) is 4.01. The molecule has 0 aromatic carbocycles. The summed E-state index contributed by atoms with van der Waals surface area (Å²) in [5.74, 6) is 0.356. The zero-order valence-electron chi connectivity index (χ0n) is 25.2. The van der Waals surface area contributed by atoms with Crippen LogP contribution in [0.25, 0.3) is 0 Å². The van der Waals surface area contributed by atoms with Crippen LogP contribution in [0, 0.1) is 39.4 Å². The van der Waals surface area contributed by atoms with Crippen LogP contribution in [0.5, 0.6) is 0 Å². The highest BCUT2D eigenvalue weighted by Gasteiger charge is 2.69. The predicted octanol–water partition coefficient (Wildman–Crippen LogP) is 5.37. The summed E-state index contributed by atoms with van der Waals surface area (Å²) < 4.78 is 5.51. The van der Waals surface area contributed by atoms with Gasteiger partial charge < -0.3 is 20.1 Å². The zero-order chi connectivity index (χ0) is 28.6. The van der Waals surface area contributed by atoms with Crippen molar-refractivity contribution in [2.24, 2.45) is 39.4 Å². The van der Waals surface area contributed by atoms with Gasteiger partial charge in [0.2, 0.25) is 0 Å². The van der Waals surface area contributed by atoms with Crippen molar-refractivity contribution in [2.45, 2.75) is 138 Å². The Morgan fingerprint density at radius 2 is 1.74 bits per heavy atom. The van der Waals surface area contributed by atoms with E-state index in [0.717, 1.165) is 32.1 Å². The molecule has 3 saturated carbocycles. The first kappa shape index (κ1) is 29.7. The van der Waals surface area contributed by atoms with Gasteiger partial charge in [0.05, 0.1) is 11.7 Å². The number of Topliss-reactive ketones (excluding diaryl/α,β-unsaturated/α-hetero) is 1. The van der Waals surface area contributed by atoms with Crippen molar-refractivity contribution in [3.05, 3.63) is 11.1 Å². The molecule has 3 N–H and O–H groups in total. The van der Waals surface area contributed by atoms with Crippen molar-refractivity contribution in [3.8, 4) is 0 Å². The first-order chi connectivity index (χ1) is 17.3. The first-order valence-electron chi connectivity index (χ1n) is 14.8. The molecule has 6 nitrogen and oxygen atoms in total. The smallest absolute Gasteiger partial charge is 0.302 e. The number of carbonyl (C=O) groups excluding carboxylic acids is 2. The van der Waals surface area contributed by atoms with E-state index in [1.807, 2.05) is 0 Å². The van der Waals surface area contributed by atoms with Gasteiger partial charge in [-0.25, -0.2) is 0 Å². The van der Waals surface area contributed by atoms with Gasteiger partial charge in [0, 0.05) is 18.8 Å². The minimum absolute atomic E-state index is 0.0405. The van der Waals surface area contributed by atoms with Crippen LogP contribution in [-0.4, -0.2) is 51.0 Å². The molecule has 4 aliphatic rings. The van der Waals surface area contributed by atoms with Crippen LogP contribution in [0.3, 0.4) is 0 Å². The monoisotopic (exact) mass is 532 g/mol. The normalized spacial score (nSPS) is 41.1. The third kappa shape index (κ3) is 4.32. The fourth-order valence-electron chi connectivity index (χ4n) is 10.1. The van der Waals surface area contributed by atoms with Crippen molar-refractivity contribution in [1.82, 2.24) is 0 Å². The van der Waals surface area contributed by atoms with Gasteiger partial charge in [-0.3, -0.25) is 9.59 Å². The maximum absolute atomic E-state index is 12.9. The Bertz CT molecular complexity index is 1010. The van der Waals surface area contributed by atoms with E-state index in [-0.39, 0.29) is 39.4 Å². The Morgan fingerprint density at radius 1 is 1.11 bits per heavy atom. The second kappa shape index (κ2) is 9.41. The Hall–Kier alpha value is -1.24. The lowest BCUT2D eigenvalue weighted by atomic mass is 9.36. The average Bonchev–Trinajstić information content (AvgIpc) is 3.12. The third-order valence-electron chi connectivity index (χ3n) is 12.2. The SMILES string of the molecule is CC(=O)O[C@@H](C[C@@H](C)C1=C2C[C@H](O)[C@H]3[C@@]4(C)CCC(=O)C(C)(C)[C@@H]4CC[C@]3(C)[C@@]2(C)CC1)[C@H](O)C(C)(C)O. The molecule has 38 heavy (non-hydrogen) atoms. The van der Waals surface area contributed by atoms with Crippen molar-refractivity contribution in [1.29, 1.82) is 0 Å². The van der Waals surface area contributed by atoms with Crippen molar-refractivity contribution in [2.75, 3.05) is 0 Å². The Balaban J connectivity index is 1.68. The first-order valence-corrected chi connectivity index (χ1v) is 14.8. The van der Waals surface area contributed by atoms with Crippen molar-refractivity contribution >= 4 is 11.8 Å². The van der Waals surface area contributed by atoms with Crippen molar-refractivity contribution in [3.63, 3.8) is 0 Å². The van der Waals surface area contributed by atoms with E-state index in [1.54, 1.807) is 0 Å². The molecular weight excluding hydrogens is 480 g/mol. The molecule has 0 bridgehead atoms. The molecule has 3 fully saturated rings. The highest BCUT2D eigenvalue weighted by atomic mass is 16.6. The number of ether oxygens (including phenoxy) is 1. The number of esters is 1.